The molecule has 100 valence electrons. The minimum absolute atomic E-state index is 0.672. The van der Waals surface area contributed by atoms with E-state index in [1.165, 1.54) is 0 Å². The second kappa shape index (κ2) is 6.25. The van der Waals surface area contributed by atoms with Crippen molar-refractivity contribution in [2.24, 2.45) is 0 Å². The molecule has 3 heteroatoms. The van der Waals surface area contributed by atoms with Crippen LogP contribution in [0.4, 0.5) is 5.69 Å². The van der Waals surface area contributed by atoms with E-state index in [4.69, 9.17) is 10.5 Å². The van der Waals surface area contributed by atoms with E-state index in [-0.39, 0.29) is 0 Å². The molecule has 2 rings (SSSR count). The standard InChI is InChI=1S/C16H20N2O/c1-18(2)10-11-19-14-8-9-16(17)15(12-14)13-6-4-3-5-7-13/h3-9,12H,10-11,17H2,1-2H3. The number of likely N-dealkylation sites (N-methyl/N-ethyl adjacent to an activating group) is 1. The SMILES string of the molecule is CN(C)CCOc1ccc(N)c(-c2ccccc2)c1. The first-order chi connectivity index (χ1) is 9.16. The van der Waals surface area contributed by atoms with Crippen molar-refractivity contribution in [2.75, 3.05) is 33.0 Å². The molecular weight excluding hydrogens is 236 g/mol. The first-order valence-electron chi connectivity index (χ1n) is 6.39. The van der Waals surface area contributed by atoms with Crippen LogP contribution in [0.15, 0.2) is 48.5 Å². The minimum atomic E-state index is 0.672. The van der Waals surface area contributed by atoms with Crippen LogP contribution in [0.1, 0.15) is 0 Å². The number of anilines is 1. The highest BCUT2D eigenvalue weighted by molar-refractivity contribution is 5.77. The van der Waals surface area contributed by atoms with Crippen LogP contribution in [0.2, 0.25) is 0 Å². The van der Waals surface area contributed by atoms with Gasteiger partial charge in [-0.3, -0.25) is 0 Å². The fraction of sp³-hybridized carbons (Fsp3) is 0.250. The van der Waals surface area contributed by atoms with Crippen molar-refractivity contribution >= 4 is 5.69 Å². The average molecular weight is 256 g/mol. The van der Waals surface area contributed by atoms with Gasteiger partial charge >= 0.3 is 0 Å². The van der Waals surface area contributed by atoms with E-state index in [1.54, 1.807) is 0 Å². The quantitative estimate of drug-likeness (QED) is 0.836. The summed E-state index contributed by atoms with van der Waals surface area (Å²) >= 11 is 0. The lowest BCUT2D eigenvalue weighted by Gasteiger charge is -2.13. The Bertz CT molecular complexity index is 524. The van der Waals surface area contributed by atoms with Gasteiger partial charge in [-0.25, -0.2) is 0 Å². The van der Waals surface area contributed by atoms with E-state index >= 15 is 0 Å². The zero-order chi connectivity index (χ0) is 13.7. The fourth-order valence-corrected chi connectivity index (χ4v) is 1.84. The molecule has 0 unspecified atom stereocenters. The highest BCUT2D eigenvalue weighted by Gasteiger charge is 2.04. The van der Waals surface area contributed by atoms with Gasteiger partial charge in [0.1, 0.15) is 12.4 Å². The zero-order valence-corrected chi connectivity index (χ0v) is 11.5. The summed E-state index contributed by atoms with van der Waals surface area (Å²) in [5.41, 5.74) is 8.93. The van der Waals surface area contributed by atoms with Crippen molar-refractivity contribution in [2.45, 2.75) is 0 Å². The van der Waals surface area contributed by atoms with E-state index in [2.05, 4.69) is 17.0 Å². The Hall–Kier alpha value is -2.00. The topological polar surface area (TPSA) is 38.5 Å². The van der Waals surface area contributed by atoms with Crippen molar-refractivity contribution < 1.29 is 4.74 Å². The van der Waals surface area contributed by atoms with E-state index in [0.717, 1.165) is 29.1 Å². The van der Waals surface area contributed by atoms with E-state index in [1.807, 2.05) is 50.5 Å². The molecule has 2 aromatic carbocycles. The number of nitrogens with zero attached hydrogens (tertiary/aromatic N) is 1. The smallest absolute Gasteiger partial charge is 0.120 e. The molecule has 3 nitrogen and oxygen atoms in total. The van der Waals surface area contributed by atoms with Gasteiger partial charge in [0.2, 0.25) is 0 Å². The minimum Gasteiger partial charge on any atom is -0.492 e. The molecule has 0 aliphatic heterocycles. The summed E-state index contributed by atoms with van der Waals surface area (Å²) in [6, 6.07) is 15.9. The summed E-state index contributed by atoms with van der Waals surface area (Å²) in [4.78, 5) is 2.09. The maximum atomic E-state index is 6.03. The molecule has 0 fully saturated rings. The Morgan fingerprint density at radius 2 is 1.79 bits per heavy atom. The summed E-state index contributed by atoms with van der Waals surface area (Å²) in [7, 11) is 4.06. The lowest BCUT2D eigenvalue weighted by molar-refractivity contribution is 0.261. The molecule has 2 aromatic rings. The summed E-state index contributed by atoms with van der Waals surface area (Å²) in [5, 5.41) is 0. The number of nitrogen functional groups attached to an aromatic ring is 1. The number of hydrogen-bond acceptors (Lipinski definition) is 3. The average Bonchev–Trinajstić information content (AvgIpc) is 2.41. The maximum absolute atomic E-state index is 6.03. The van der Waals surface area contributed by atoms with Crippen LogP contribution in [-0.2, 0) is 0 Å². The molecule has 0 aliphatic carbocycles. The van der Waals surface area contributed by atoms with Crippen LogP contribution in [-0.4, -0.2) is 32.1 Å². The summed E-state index contributed by atoms with van der Waals surface area (Å²) < 4.78 is 5.74. The molecule has 2 N–H and O–H groups in total. The normalized spacial score (nSPS) is 10.7. The third kappa shape index (κ3) is 3.73. The molecule has 0 bridgehead atoms. The van der Waals surface area contributed by atoms with Gasteiger partial charge in [0.25, 0.3) is 0 Å². The molecule has 19 heavy (non-hydrogen) atoms. The highest BCUT2D eigenvalue weighted by atomic mass is 16.5. The lowest BCUT2D eigenvalue weighted by atomic mass is 10.0. The monoisotopic (exact) mass is 256 g/mol. The Balaban J connectivity index is 2.16. The summed E-state index contributed by atoms with van der Waals surface area (Å²) in [5.74, 6) is 0.856. The van der Waals surface area contributed by atoms with Gasteiger partial charge in [-0.2, -0.15) is 0 Å². The van der Waals surface area contributed by atoms with E-state index < -0.39 is 0 Å². The lowest BCUT2D eigenvalue weighted by Crippen LogP contribution is -2.19. The van der Waals surface area contributed by atoms with Crippen molar-refractivity contribution in [3.63, 3.8) is 0 Å². The molecule has 0 aliphatic rings. The van der Waals surface area contributed by atoms with Crippen LogP contribution in [0.25, 0.3) is 11.1 Å². The molecule has 0 saturated carbocycles. The predicted octanol–water partition coefficient (Wildman–Crippen LogP) is 2.88. The van der Waals surface area contributed by atoms with Crippen molar-refractivity contribution in [1.29, 1.82) is 0 Å². The van der Waals surface area contributed by atoms with Gasteiger partial charge in [0.05, 0.1) is 0 Å². The van der Waals surface area contributed by atoms with Crippen molar-refractivity contribution in [3.05, 3.63) is 48.5 Å². The highest BCUT2D eigenvalue weighted by Crippen LogP contribution is 2.29. The first-order valence-corrected chi connectivity index (χ1v) is 6.39. The van der Waals surface area contributed by atoms with Gasteiger partial charge in [0.15, 0.2) is 0 Å². The summed E-state index contributed by atoms with van der Waals surface area (Å²) in [6.07, 6.45) is 0. The third-order valence-corrected chi connectivity index (χ3v) is 2.92. The molecule has 0 radical (unpaired) electrons. The largest absolute Gasteiger partial charge is 0.492 e. The van der Waals surface area contributed by atoms with Gasteiger partial charge in [0, 0.05) is 17.8 Å². The van der Waals surface area contributed by atoms with Crippen molar-refractivity contribution in [1.82, 2.24) is 4.90 Å². The predicted molar refractivity (Wildman–Crippen MR) is 80.3 cm³/mol. The number of hydrogen-bond donors (Lipinski definition) is 1. The van der Waals surface area contributed by atoms with Gasteiger partial charge in [-0.15, -0.1) is 0 Å². The Labute approximate surface area is 114 Å². The van der Waals surface area contributed by atoms with Crippen molar-refractivity contribution in [3.8, 4) is 16.9 Å². The molecule has 0 spiro atoms. The molecule has 0 atom stereocenters. The Morgan fingerprint density at radius 3 is 2.47 bits per heavy atom. The second-order valence-electron chi connectivity index (χ2n) is 4.77. The number of nitrogens with two attached hydrogens (primary N) is 1. The molecular formula is C16H20N2O. The summed E-state index contributed by atoms with van der Waals surface area (Å²) in [6.45, 7) is 1.57. The van der Waals surface area contributed by atoms with Gasteiger partial charge in [-0.1, -0.05) is 30.3 Å². The van der Waals surface area contributed by atoms with Gasteiger partial charge in [-0.05, 0) is 37.9 Å². The van der Waals surface area contributed by atoms with Crippen LogP contribution in [0, 0.1) is 0 Å². The Morgan fingerprint density at radius 1 is 1.05 bits per heavy atom. The molecule has 0 saturated heterocycles. The Kier molecular flexibility index (Phi) is 4.42. The number of benzene rings is 2. The number of ether oxygens (including phenoxy) is 1. The van der Waals surface area contributed by atoms with E-state index in [9.17, 15) is 0 Å². The molecule has 0 heterocycles. The van der Waals surface area contributed by atoms with Crippen LogP contribution >= 0.6 is 0 Å². The molecule has 0 aromatic heterocycles. The molecule has 0 amide bonds. The van der Waals surface area contributed by atoms with E-state index in [0.29, 0.717) is 6.61 Å². The third-order valence-electron chi connectivity index (χ3n) is 2.92. The maximum Gasteiger partial charge on any atom is 0.120 e. The van der Waals surface area contributed by atoms with Crippen LogP contribution in [0.5, 0.6) is 5.75 Å². The van der Waals surface area contributed by atoms with Crippen LogP contribution in [0.3, 0.4) is 0 Å². The van der Waals surface area contributed by atoms with Gasteiger partial charge < -0.3 is 15.4 Å². The fourth-order valence-electron chi connectivity index (χ4n) is 1.84. The number of rotatable bonds is 5. The second-order valence-corrected chi connectivity index (χ2v) is 4.77. The zero-order valence-electron chi connectivity index (χ0n) is 11.5. The first kappa shape index (κ1) is 13.4. The van der Waals surface area contributed by atoms with Crippen LogP contribution < -0.4 is 10.5 Å².